The second kappa shape index (κ2) is 12.3. The third kappa shape index (κ3) is 6.41. The molecule has 0 fully saturated rings. The highest BCUT2D eigenvalue weighted by molar-refractivity contribution is 9.10. The van der Waals surface area contributed by atoms with Crippen molar-refractivity contribution in [2.24, 2.45) is 0 Å². The van der Waals surface area contributed by atoms with Gasteiger partial charge in [0.1, 0.15) is 28.6 Å². The molecule has 3 aromatic heterocycles. The first-order chi connectivity index (χ1) is 20.4. The van der Waals surface area contributed by atoms with Crippen molar-refractivity contribution >= 4 is 74.1 Å². The topological polar surface area (TPSA) is 94.2 Å². The summed E-state index contributed by atoms with van der Waals surface area (Å²) in [5.41, 5.74) is 1.72. The molecular formula is C29H30BrCl2FN8O2. The molecule has 0 radical (unpaired) electrons. The predicted octanol–water partition coefficient (Wildman–Crippen LogP) is 6.97. The summed E-state index contributed by atoms with van der Waals surface area (Å²) in [4.78, 5) is 32.6. The first-order valence-electron chi connectivity index (χ1n) is 13.5. The first kappa shape index (κ1) is 31.0. The van der Waals surface area contributed by atoms with Crippen LogP contribution in [-0.2, 0) is 30.9 Å². The Labute approximate surface area is 266 Å². The summed E-state index contributed by atoms with van der Waals surface area (Å²) in [5.74, 6) is 1.69. The van der Waals surface area contributed by atoms with E-state index < -0.39 is 11.4 Å². The zero-order valence-electron chi connectivity index (χ0n) is 23.9. The number of aromatic nitrogens is 6. The van der Waals surface area contributed by atoms with Crippen molar-refractivity contribution in [2.75, 3.05) is 18.0 Å². The summed E-state index contributed by atoms with van der Waals surface area (Å²) < 4.78 is 24.2. The Hall–Kier alpha value is -3.48. The molecule has 0 N–H and O–H groups in total. The minimum atomic E-state index is -0.552. The summed E-state index contributed by atoms with van der Waals surface area (Å²) in [6, 6.07) is 1.65. The molecule has 5 heterocycles. The van der Waals surface area contributed by atoms with E-state index in [0.717, 1.165) is 29.6 Å². The van der Waals surface area contributed by atoms with Gasteiger partial charge < -0.3 is 23.7 Å². The maximum absolute atomic E-state index is 14.6. The molecule has 43 heavy (non-hydrogen) atoms. The zero-order chi connectivity index (χ0) is 31.1. The minimum absolute atomic E-state index is 0.0125. The Kier molecular flexibility index (Phi) is 8.82. The van der Waals surface area contributed by atoms with Gasteiger partial charge in [-0.15, -0.1) is 0 Å². The van der Waals surface area contributed by atoms with Gasteiger partial charge in [0.05, 0.1) is 46.4 Å². The lowest BCUT2D eigenvalue weighted by Crippen LogP contribution is -2.41. The smallest absolute Gasteiger partial charge is 0.410 e. The highest BCUT2D eigenvalue weighted by Gasteiger charge is 2.27. The van der Waals surface area contributed by atoms with Crippen LogP contribution < -0.4 is 4.90 Å². The number of ether oxygens (including phenoxy) is 1. The third-order valence-electron chi connectivity index (χ3n) is 6.93. The molecule has 6 rings (SSSR count). The van der Waals surface area contributed by atoms with Crippen LogP contribution in [0.3, 0.4) is 0 Å². The molecule has 1 aromatic carbocycles. The number of anilines is 1. The highest BCUT2D eigenvalue weighted by atomic mass is 79.9. The fourth-order valence-electron chi connectivity index (χ4n) is 4.97. The van der Waals surface area contributed by atoms with Crippen molar-refractivity contribution in [3.63, 3.8) is 0 Å². The van der Waals surface area contributed by atoms with Crippen LogP contribution in [0.5, 0.6) is 0 Å². The third-order valence-corrected chi connectivity index (χ3v) is 8.40. The van der Waals surface area contributed by atoms with E-state index in [9.17, 15) is 9.18 Å². The van der Waals surface area contributed by atoms with Gasteiger partial charge in [-0.3, -0.25) is 0 Å². The summed E-state index contributed by atoms with van der Waals surface area (Å²) in [5, 5.41) is 0.765. The van der Waals surface area contributed by atoms with Crippen molar-refractivity contribution in [1.82, 2.24) is 34.0 Å². The van der Waals surface area contributed by atoms with Crippen molar-refractivity contribution in [1.29, 1.82) is 0 Å². The number of carbonyl (C=O) groups excluding carboxylic acids is 1. The van der Waals surface area contributed by atoms with Gasteiger partial charge in [-0.2, -0.15) is 4.98 Å². The minimum Gasteiger partial charge on any atom is -0.444 e. The molecule has 0 bridgehead atoms. The molecular weight excluding hydrogens is 662 g/mol. The molecule has 0 spiro atoms. The largest absolute Gasteiger partial charge is 0.444 e. The number of hydrogen-bond acceptors (Lipinski definition) is 7. The summed E-state index contributed by atoms with van der Waals surface area (Å²) in [7, 11) is 0. The number of halogens is 4. The predicted molar refractivity (Wildman–Crippen MR) is 170 cm³/mol. The van der Waals surface area contributed by atoms with Crippen molar-refractivity contribution in [2.45, 2.75) is 52.6 Å². The molecule has 10 nitrogen and oxygen atoms in total. The van der Waals surface area contributed by atoms with E-state index >= 15 is 0 Å². The van der Waals surface area contributed by atoms with Gasteiger partial charge in [0, 0.05) is 31.6 Å². The summed E-state index contributed by atoms with van der Waals surface area (Å²) in [6.07, 6.45) is 6.77. The van der Waals surface area contributed by atoms with E-state index in [4.69, 9.17) is 27.9 Å². The molecule has 0 aliphatic carbocycles. The van der Waals surface area contributed by atoms with E-state index in [1.165, 1.54) is 0 Å². The van der Waals surface area contributed by atoms with Gasteiger partial charge in [0.25, 0.3) is 0 Å². The maximum atomic E-state index is 14.6. The van der Waals surface area contributed by atoms with Crippen LogP contribution in [0.15, 0.2) is 36.1 Å². The van der Waals surface area contributed by atoms with Gasteiger partial charge in [-0.25, -0.2) is 24.1 Å². The Morgan fingerprint density at radius 2 is 1.60 bits per heavy atom. The fourth-order valence-corrected chi connectivity index (χ4v) is 5.63. The fraction of sp³-hybridized carbons (Fsp3) is 0.345. The van der Waals surface area contributed by atoms with Gasteiger partial charge in [-0.1, -0.05) is 24.8 Å². The average molecular weight is 692 g/mol. The van der Waals surface area contributed by atoms with E-state index in [2.05, 4.69) is 58.2 Å². The normalized spacial score (nSPS) is 14.5. The summed E-state index contributed by atoms with van der Waals surface area (Å²) in [6.45, 7) is 17.0. The molecule has 0 saturated heterocycles. The lowest BCUT2D eigenvalue weighted by molar-refractivity contribution is 0.0199. The monoisotopic (exact) mass is 690 g/mol. The average Bonchev–Trinajstić information content (AvgIpc) is 3.58. The lowest BCUT2D eigenvalue weighted by Gasteiger charge is -2.31. The maximum Gasteiger partial charge on any atom is 0.410 e. The van der Waals surface area contributed by atoms with Crippen molar-refractivity contribution in [3.8, 4) is 0 Å². The van der Waals surface area contributed by atoms with Crippen molar-refractivity contribution in [3.05, 3.63) is 75.3 Å². The lowest BCUT2D eigenvalue weighted by atomic mass is 10.2. The van der Waals surface area contributed by atoms with Crippen LogP contribution in [-0.4, -0.2) is 58.8 Å². The number of imidazole rings is 2. The molecule has 0 saturated carbocycles. The number of carbonyl (C=O) groups is 1. The van der Waals surface area contributed by atoms with Crippen LogP contribution in [0, 0.1) is 5.82 Å². The van der Waals surface area contributed by atoms with Crippen LogP contribution in [0.4, 0.5) is 15.0 Å². The summed E-state index contributed by atoms with van der Waals surface area (Å²) >= 11 is 15.3. The molecule has 0 atom stereocenters. The zero-order valence-corrected chi connectivity index (χ0v) is 27.0. The second-order valence-electron chi connectivity index (χ2n) is 10.9. The van der Waals surface area contributed by atoms with E-state index in [-0.39, 0.29) is 26.4 Å². The molecule has 0 unspecified atom stereocenters. The first-order valence-corrected chi connectivity index (χ1v) is 15.0. The molecule has 14 heteroatoms. The number of hydrogen-bond donors (Lipinski definition) is 0. The van der Waals surface area contributed by atoms with Gasteiger partial charge in [0.2, 0.25) is 5.28 Å². The quantitative estimate of drug-likeness (QED) is 0.169. The molecule has 4 aromatic rings. The Balaban J connectivity index is 0.000000181. The van der Waals surface area contributed by atoms with E-state index in [1.807, 2.05) is 25.7 Å². The van der Waals surface area contributed by atoms with Gasteiger partial charge in [-0.05, 0) is 66.5 Å². The Morgan fingerprint density at radius 1 is 1.00 bits per heavy atom. The highest BCUT2D eigenvalue weighted by Crippen LogP contribution is 2.36. The van der Waals surface area contributed by atoms with Gasteiger partial charge in [0.15, 0.2) is 5.82 Å². The second-order valence-corrected chi connectivity index (χ2v) is 12.5. The number of nitrogens with zero attached hydrogens (tertiary/aromatic N) is 8. The van der Waals surface area contributed by atoms with E-state index in [1.54, 1.807) is 35.5 Å². The number of fused-ring (bicyclic) bond motifs is 3. The van der Waals surface area contributed by atoms with Crippen LogP contribution in [0.1, 0.15) is 43.8 Å². The van der Waals surface area contributed by atoms with Gasteiger partial charge >= 0.3 is 6.09 Å². The number of rotatable bonds is 3. The van der Waals surface area contributed by atoms with Crippen molar-refractivity contribution < 1.29 is 13.9 Å². The van der Waals surface area contributed by atoms with E-state index in [0.29, 0.717) is 43.9 Å². The molecule has 2 aliphatic rings. The van der Waals surface area contributed by atoms with Crippen LogP contribution in [0.2, 0.25) is 10.3 Å². The SMILES string of the molecule is C=Cc1ncc2n1CCN(C(=O)OC(C)(C)C)C2.C=Cc1ncc2n1CCN(c1nc(Cl)nc3c(F)c(Br)c(Cl)cc13)C2. The Morgan fingerprint density at radius 3 is 2.21 bits per heavy atom. The Bertz CT molecular complexity index is 1730. The standard InChI is InChI=1S/C16H11BrCl2FN5.C13H19N3O2/c1-2-11-21-6-8-7-24(3-4-25(8)11)15-9-5-10(18)12(17)13(20)14(9)22-16(19)23-15;1-5-11-14-8-10-9-15(6-7-16(10)11)12(17)18-13(2,3)4/h2,5-6H,1,3-4,7H2;5,8H,1,6-7,9H2,2-4H3. The number of benzene rings is 1. The number of amides is 1. The molecule has 2 aliphatic heterocycles. The van der Waals surface area contributed by atoms with Crippen LogP contribution in [0.25, 0.3) is 23.1 Å². The van der Waals surface area contributed by atoms with Crippen LogP contribution >= 0.6 is 39.1 Å². The molecule has 1 amide bonds. The molecule has 226 valence electrons.